The van der Waals surface area contributed by atoms with E-state index in [4.69, 9.17) is 4.74 Å². The maximum atomic E-state index is 13.2. The third-order valence-electron chi connectivity index (χ3n) is 5.84. The molecule has 10 heteroatoms. The Morgan fingerprint density at radius 3 is 2.14 bits per heavy atom. The van der Waals surface area contributed by atoms with Gasteiger partial charge in [0, 0.05) is 30.5 Å². The molecule has 1 heterocycles. The summed E-state index contributed by atoms with van der Waals surface area (Å²) in [6.07, 6.45) is 3.78. The summed E-state index contributed by atoms with van der Waals surface area (Å²) in [5.41, 5.74) is 1.65. The van der Waals surface area contributed by atoms with Crippen molar-refractivity contribution in [1.29, 1.82) is 0 Å². The molecule has 0 bridgehead atoms. The summed E-state index contributed by atoms with van der Waals surface area (Å²) in [6.45, 7) is 2.76. The van der Waals surface area contributed by atoms with Gasteiger partial charge in [-0.25, -0.2) is 8.42 Å². The molecule has 9 nitrogen and oxygen atoms in total. The first-order valence-corrected chi connectivity index (χ1v) is 13.2. The summed E-state index contributed by atoms with van der Waals surface area (Å²) in [5.74, 6) is 0.0178. The zero-order valence-corrected chi connectivity index (χ0v) is 21.4. The Kier molecular flexibility index (Phi) is 9.25. The van der Waals surface area contributed by atoms with Gasteiger partial charge in [-0.05, 0) is 56.6 Å². The standard InChI is InChI=1S/C25H34N4O5S/c1-19-11-12-21(16-23(19)35(32,33)29-13-6-4-5-7-14-29)27-25(31)18-28(2)17-24(30)26-20-9-8-10-22(15-20)34-3/h8-12,15-16H,4-7,13-14,17-18H2,1-3H3,(H,26,30)(H,27,31). The number of methoxy groups -OCH3 is 1. The van der Waals surface area contributed by atoms with E-state index in [9.17, 15) is 18.0 Å². The van der Waals surface area contributed by atoms with Gasteiger partial charge in [0.15, 0.2) is 0 Å². The van der Waals surface area contributed by atoms with E-state index in [1.807, 2.05) is 0 Å². The number of hydrogen-bond acceptors (Lipinski definition) is 6. The fourth-order valence-electron chi connectivity index (χ4n) is 4.02. The fourth-order valence-corrected chi connectivity index (χ4v) is 5.79. The molecule has 190 valence electrons. The number of hydrogen-bond donors (Lipinski definition) is 2. The number of amides is 2. The molecule has 1 aliphatic heterocycles. The van der Waals surface area contributed by atoms with Crippen molar-refractivity contribution in [3.63, 3.8) is 0 Å². The Morgan fingerprint density at radius 2 is 1.54 bits per heavy atom. The summed E-state index contributed by atoms with van der Waals surface area (Å²) in [4.78, 5) is 26.7. The van der Waals surface area contributed by atoms with E-state index in [2.05, 4.69) is 10.6 Å². The second-order valence-corrected chi connectivity index (χ2v) is 10.7. The van der Waals surface area contributed by atoms with Crippen molar-refractivity contribution < 1.29 is 22.7 Å². The Hall–Kier alpha value is -2.95. The maximum absolute atomic E-state index is 13.2. The van der Waals surface area contributed by atoms with Gasteiger partial charge in [-0.2, -0.15) is 4.31 Å². The highest BCUT2D eigenvalue weighted by Gasteiger charge is 2.27. The van der Waals surface area contributed by atoms with Gasteiger partial charge in [0.1, 0.15) is 5.75 Å². The molecule has 35 heavy (non-hydrogen) atoms. The lowest BCUT2D eigenvalue weighted by molar-refractivity contribution is -0.119. The lowest BCUT2D eigenvalue weighted by atomic mass is 10.2. The number of nitrogens with zero attached hydrogens (tertiary/aromatic N) is 2. The van der Waals surface area contributed by atoms with Gasteiger partial charge in [0.05, 0.1) is 25.1 Å². The summed E-state index contributed by atoms with van der Waals surface area (Å²) < 4.78 is 33.2. The van der Waals surface area contributed by atoms with Crippen molar-refractivity contribution >= 4 is 33.2 Å². The monoisotopic (exact) mass is 502 g/mol. The van der Waals surface area contributed by atoms with E-state index in [1.165, 1.54) is 6.07 Å². The molecule has 2 N–H and O–H groups in total. The smallest absolute Gasteiger partial charge is 0.243 e. The van der Waals surface area contributed by atoms with E-state index in [-0.39, 0.29) is 29.8 Å². The van der Waals surface area contributed by atoms with Crippen LogP contribution in [0.2, 0.25) is 0 Å². The average Bonchev–Trinajstić information content (AvgIpc) is 3.10. The molecule has 0 saturated carbocycles. The molecule has 0 aliphatic carbocycles. The normalized spacial score (nSPS) is 14.9. The molecule has 3 rings (SSSR count). The molecule has 1 fully saturated rings. The zero-order chi connectivity index (χ0) is 25.4. The Morgan fingerprint density at radius 1 is 0.943 bits per heavy atom. The van der Waals surface area contributed by atoms with Crippen LogP contribution in [0.5, 0.6) is 5.75 Å². The molecule has 2 amide bonds. The highest BCUT2D eigenvalue weighted by atomic mass is 32.2. The SMILES string of the molecule is COc1cccc(NC(=O)CN(C)CC(=O)Nc2ccc(C)c(S(=O)(=O)N3CCCCCC3)c2)c1. The van der Waals surface area contributed by atoms with Crippen LogP contribution in [0.1, 0.15) is 31.2 Å². The Balaban J connectivity index is 1.58. The Bertz CT molecular complexity index is 1140. The van der Waals surface area contributed by atoms with Crippen molar-refractivity contribution in [2.75, 3.05) is 51.0 Å². The van der Waals surface area contributed by atoms with Crippen LogP contribution in [0.15, 0.2) is 47.4 Å². The minimum atomic E-state index is -3.64. The number of carbonyl (C=O) groups excluding carboxylic acids is 2. The molecular weight excluding hydrogens is 468 g/mol. The fraction of sp³-hybridized carbons (Fsp3) is 0.440. The van der Waals surface area contributed by atoms with Gasteiger partial charge in [0.2, 0.25) is 21.8 Å². The van der Waals surface area contributed by atoms with Crippen LogP contribution in [0, 0.1) is 6.92 Å². The first-order valence-electron chi connectivity index (χ1n) is 11.7. The van der Waals surface area contributed by atoms with Crippen molar-refractivity contribution in [2.45, 2.75) is 37.5 Å². The highest BCUT2D eigenvalue weighted by molar-refractivity contribution is 7.89. The first-order chi connectivity index (χ1) is 16.7. The van der Waals surface area contributed by atoms with Gasteiger partial charge in [0.25, 0.3) is 0 Å². The highest BCUT2D eigenvalue weighted by Crippen LogP contribution is 2.26. The van der Waals surface area contributed by atoms with Crippen LogP contribution in [-0.2, 0) is 19.6 Å². The number of rotatable bonds is 9. The molecule has 1 aliphatic rings. The van der Waals surface area contributed by atoms with Gasteiger partial charge in [-0.1, -0.05) is 25.0 Å². The van der Waals surface area contributed by atoms with E-state index < -0.39 is 10.0 Å². The lowest BCUT2D eigenvalue weighted by Crippen LogP contribution is -2.36. The Labute approximate surface area is 207 Å². The predicted molar refractivity (Wildman–Crippen MR) is 136 cm³/mol. The molecule has 0 aromatic heterocycles. The van der Waals surface area contributed by atoms with Gasteiger partial charge in [-0.3, -0.25) is 14.5 Å². The number of likely N-dealkylation sites (N-methyl/N-ethyl adjacent to an activating group) is 1. The van der Waals surface area contributed by atoms with Crippen molar-refractivity contribution in [3.05, 3.63) is 48.0 Å². The molecule has 0 atom stereocenters. The van der Waals surface area contributed by atoms with Crippen molar-refractivity contribution in [1.82, 2.24) is 9.21 Å². The molecule has 0 spiro atoms. The maximum Gasteiger partial charge on any atom is 0.243 e. The third-order valence-corrected chi connectivity index (χ3v) is 7.88. The van der Waals surface area contributed by atoms with E-state index >= 15 is 0 Å². The number of aryl methyl sites for hydroxylation is 1. The van der Waals surface area contributed by atoms with E-state index in [0.717, 1.165) is 25.7 Å². The molecule has 1 saturated heterocycles. The quantitative estimate of drug-likeness (QED) is 0.546. The topological polar surface area (TPSA) is 108 Å². The van der Waals surface area contributed by atoms with Crippen LogP contribution in [0.3, 0.4) is 0 Å². The van der Waals surface area contributed by atoms with E-state index in [0.29, 0.717) is 35.8 Å². The van der Waals surface area contributed by atoms with Crippen LogP contribution in [-0.4, -0.2) is 69.8 Å². The minimum absolute atomic E-state index is 0.00706. The molecule has 2 aromatic rings. The largest absolute Gasteiger partial charge is 0.497 e. The van der Waals surface area contributed by atoms with Gasteiger partial charge >= 0.3 is 0 Å². The zero-order valence-electron chi connectivity index (χ0n) is 20.5. The molecule has 0 radical (unpaired) electrons. The average molecular weight is 503 g/mol. The third kappa shape index (κ3) is 7.51. The second-order valence-electron chi connectivity index (χ2n) is 8.80. The summed E-state index contributed by atoms with van der Waals surface area (Å²) in [6, 6.07) is 11.9. The van der Waals surface area contributed by atoms with Crippen LogP contribution in [0.4, 0.5) is 11.4 Å². The molecular formula is C25H34N4O5S. The van der Waals surface area contributed by atoms with Crippen molar-refractivity contribution in [3.8, 4) is 5.75 Å². The number of benzene rings is 2. The van der Waals surface area contributed by atoms with Crippen LogP contribution >= 0.6 is 0 Å². The lowest BCUT2D eigenvalue weighted by Gasteiger charge is -2.22. The van der Waals surface area contributed by atoms with Crippen LogP contribution in [0.25, 0.3) is 0 Å². The number of ether oxygens (including phenoxy) is 1. The first kappa shape index (κ1) is 26.7. The predicted octanol–water partition coefficient (Wildman–Crippen LogP) is 3.08. The summed E-state index contributed by atoms with van der Waals surface area (Å²) in [5, 5.41) is 5.53. The van der Waals surface area contributed by atoms with E-state index in [1.54, 1.807) is 66.7 Å². The second kappa shape index (κ2) is 12.1. The minimum Gasteiger partial charge on any atom is -0.497 e. The number of carbonyl (C=O) groups is 2. The summed E-state index contributed by atoms with van der Waals surface area (Å²) >= 11 is 0. The van der Waals surface area contributed by atoms with Gasteiger partial charge in [-0.15, -0.1) is 0 Å². The number of sulfonamides is 1. The molecule has 0 unspecified atom stereocenters. The summed E-state index contributed by atoms with van der Waals surface area (Å²) in [7, 11) is -0.426. The van der Waals surface area contributed by atoms with Crippen molar-refractivity contribution in [2.24, 2.45) is 0 Å². The molecule has 2 aromatic carbocycles. The van der Waals surface area contributed by atoms with Crippen LogP contribution < -0.4 is 15.4 Å². The number of nitrogens with one attached hydrogen (secondary N) is 2. The number of anilines is 2. The van der Waals surface area contributed by atoms with Gasteiger partial charge < -0.3 is 15.4 Å².